The fraction of sp³-hybridized carbons (Fsp3) is 0.250. The Bertz CT molecular complexity index is 851. The summed E-state index contributed by atoms with van der Waals surface area (Å²) in [4.78, 5) is 4.09. The van der Waals surface area contributed by atoms with E-state index in [0.29, 0.717) is 18.1 Å². The molecule has 27 heavy (non-hydrogen) atoms. The maximum atomic E-state index is 12.7. The van der Waals surface area contributed by atoms with Gasteiger partial charge in [0.15, 0.2) is 5.96 Å². The summed E-state index contributed by atoms with van der Waals surface area (Å²) in [5, 5.41) is 6.12. The fourth-order valence-corrected chi connectivity index (χ4v) is 2.30. The molecule has 2 rings (SSSR count). The number of rotatable bonds is 4. The Kier molecular flexibility index (Phi) is 7.12. The van der Waals surface area contributed by atoms with E-state index in [0.717, 1.165) is 23.4 Å². The topological polar surface area (TPSA) is 45.7 Å². The number of methoxy groups -OCH3 is 1. The van der Waals surface area contributed by atoms with Crippen molar-refractivity contribution in [3.05, 3.63) is 65.2 Å². The second-order valence-electron chi connectivity index (χ2n) is 5.47. The van der Waals surface area contributed by atoms with E-state index in [2.05, 4.69) is 27.5 Å². The van der Waals surface area contributed by atoms with Gasteiger partial charge in [-0.2, -0.15) is 13.2 Å². The van der Waals surface area contributed by atoms with Crippen LogP contribution in [0.1, 0.15) is 16.7 Å². The molecule has 2 aromatic carbocycles. The minimum atomic E-state index is -4.37. The van der Waals surface area contributed by atoms with E-state index in [9.17, 15) is 13.2 Å². The molecule has 0 aliphatic carbocycles. The van der Waals surface area contributed by atoms with Crippen molar-refractivity contribution in [3.8, 4) is 17.6 Å². The summed E-state index contributed by atoms with van der Waals surface area (Å²) in [5.41, 5.74) is 0.568. The van der Waals surface area contributed by atoms with Gasteiger partial charge in [0.25, 0.3) is 0 Å². The summed E-state index contributed by atoms with van der Waals surface area (Å²) in [5.74, 6) is 6.80. The molecule has 0 saturated heterocycles. The average molecular weight is 375 g/mol. The molecule has 0 saturated carbocycles. The van der Waals surface area contributed by atoms with Crippen LogP contribution in [0.5, 0.6) is 5.75 Å². The van der Waals surface area contributed by atoms with Gasteiger partial charge in [0.05, 0.1) is 19.2 Å². The van der Waals surface area contributed by atoms with E-state index in [1.807, 2.05) is 24.3 Å². The van der Waals surface area contributed by atoms with E-state index in [1.54, 1.807) is 14.2 Å². The Labute approximate surface area is 156 Å². The monoisotopic (exact) mass is 375 g/mol. The quantitative estimate of drug-likeness (QED) is 0.489. The molecule has 0 unspecified atom stereocenters. The van der Waals surface area contributed by atoms with Crippen LogP contribution in [0.4, 0.5) is 13.2 Å². The first kappa shape index (κ1) is 20.2. The van der Waals surface area contributed by atoms with E-state index < -0.39 is 11.7 Å². The molecule has 0 amide bonds. The van der Waals surface area contributed by atoms with Crippen molar-refractivity contribution in [1.82, 2.24) is 10.6 Å². The average Bonchev–Trinajstić information content (AvgIpc) is 2.67. The molecule has 0 aliphatic heterocycles. The molecule has 0 atom stereocenters. The zero-order valence-electron chi connectivity index (χ0n) is 15.0. The van der Waals surface area contributed by atoms with E-state index >= 15 is 0 Å². The van der Waals surface area contributed by atoms with Crippen molar-refractivity contribution < 1.29 is 17.9 Å². The second kappa shape index (κ2) is 9.53. The smallest absolute Gasteiger partial charge is 0.416 e. The van der Waals surface area contributed by atoms with Crippen LogP contribution in [0.25, 0.3) is 0 Å². The van der Waals surface area contributed by atoms with E-state index in [1.165, 1.54) is 12.1 Å². The molecule has 0 bridgehead atoms. The number of aliphatic imine (C=N–C) groups is 1. The molecule has 7 heteroatoms. The van der Waals surface area contributed by atoms with Gasteiger partial charge in [0, 0.05) is 24.7 Å². The van der Waals surface area contributed by atoms with Crippen LogP contribution < -0.4 is 15.4 Å². The summed E-state index contributed by atoms with van der Waals surface area (Å²) >= 11 is 0. The highest BCUT2D eigenvalue weighted by molar-refractivity contribution is 5.79. The summed E-state index contributed by atoms with van der Waals surface area (Å²) < 4.78 is 43.4. The predicted octanol–water partition coefficient (Wildman–Crippen LogP) is 3.43. The van der Waals surface area contributed by atoms with Crippen LogP contribution in [-0.4, -0.2) is 26.7 Å². The molecular formula is C20H20F3N3O. The molecule has 142 valence electrons. The maximum Gasteiger partial charge on any atom is 0.416 e. The number of hydrogen-bond donors (Lipinski definition) is 2. The third-order valence-corrected chi connectivity index (χ3v) is 3.63. The highest BCUT2D eigenvalue weighted by atomic mass is 19.4. The Morgan fingerprint density at radius 1 is 1.11 bits per heavy atom. The zero-order valence-corrected chi connectivity index (χ0v) is 15.0. The number of para-hydroxylation sites is 1. The van der Waals surface area contributed by atoms with Crippen LogP contribution >= 0.6 is 0 Å². The highest BCUT2D eigenvalue weighted by Crippen LogP contribution is 2.29. The first-order valence-corrected chi connectivity index (χ1v) is 8.16. The fourth-order valence-electron chi connectivity index (χ4n) is 2.30. The normalized spacial score (nSPS) is 11.4. The van der Waals surface area contributed by atoms with E-state index in [-0.39, 0.29) is 6.54 Å². The lowest BCUT2D eigenvalue weighted by Gasteiger charge is -2.12. The molecule has 0 radical (unpaired) electrons. The van der Waals surface area contributed by atoms with E-state index in [4.69, 9.17) is 4.74 Å². The number of alkyl halides is 3. The van der Waals surface area contributed by atoms with Crippen molar-refractivity contribution in [3.63, 3.8) is 0 Å². The molecule has 0 spiro atoms. The summed E-state index contributed by atoms with van der Waals surface area (Å²) in [6.07, 6.45) is -4.37. The molecule has 2 N–H and O–H groups in total. The van der Waals surface area contributed by atoms with Crippen LogP contribution in [-0.2, 0) is 12.7 Å². The van der Waals surface area contributed by atoms with Crippen molar-refractivity contribution in [2.75, 3.05) is 20.7 Å². The molecular weight excluding hydrogens is 355 g/mol. The SMILES string of the molecule is CN=C(NCC#Cc1cccc(C(F)(F)F)c1)NCc1ccccc1OC. The number of guanidine groups is 1. The van der Waals surface area contributed by atoms with Crippen LogP contribution in [0.2, 0.25) is 0 Å². The summed E-state index contributed by atoms with van der Waals surface area (Å²) in [6.45, 7) is 0.743. The number of halogens is 3. The van der Waals surface area contributed by atoms with Gasteiger partial charge in [-0.3, -0.25) is 4.99 Å². The highest BCUT2D eigenvalue weighted by Gasteiger charge is 2.30. The first-order chi connectivity index (χ1) is 12.9. The number of ether oxygens (including phenoxy) is 1. The number of hydrogen-bond acceptors (Lipinski definition) is 2. The number of nitrogens with one attached hydrogen (secondary N) is 2. The van der Waals surface area contributed by atoms with Gasteiger partial charge in [-0.15, -0.1) is 0 Å². The lowest BCUT2D eigenvalue weighted by molar-refractivity contribution is -0.137. The Morgan fingerprint density at radius 3 is 2.59 bits per heavy atom. The lowest BCUT2D eigenvalue weighted by Crippen LogP contribution is -2.37. The van der Waals surface area contributed by atoms with Gasteiger partial charge < -0.3 is 15.4 Å². The second-order valence-corrected chi connectivity index (χ2v) is 5.47. The van der Waals surface area contributed by atoms with Crippen LogP contribution in [0.15, 0.2) is 53.5 Å². The van der Waals surface area contributed by atoms with Crippen molar-refractivity contribution in [2.45, 2.75) is 12.7 Å². The summed E-state index contributed by atoms with van der Waals surface area (Å²) in [6, 6.07) is 12.5. The molecule has 0 aromatic heterocycles. The van der Waals surface area contributed by atoms with Gasteiger partial charge in [-0.25, -0.2) is 0 Å². The van der Waals surface area contributed by atoms with Gasteiger partial charge >= 0.3 is 6.18 Å². The first-order valence-electron chi connectivity index (χ1n) is 8.16. The minimum Gasteiger partial charge on any atom is -0.496 e. The maximum absolute atomic E-state index is 12.7. The standard InChI is InChI=1S/C20H20F3N3O/c1-24-19(26-14-16-9-3-4-11-18(16)27-2)25-12-6-8-15-7-5-10-17(13-15)20(21,22)23/h3-5,7,9-11,13H,12,14H2,1-2H3,(H2,24,25,26). The third kappa shape index (κ3) is 6.26. The Balaban J connectivity index is 1.90. The predicted molar refractivity (Wildman–Crippen MR) is 99.5 cm³/mol. The number of benzene rings is 2. The minimum absolute atomic E-state index is 0.238. The summed E-state index contributed by atoms with van der Waals surface area (Å²) in [7, 11) is 3.23. The Hall–Kier alpha value is -3.14. The van der Waals surface area contributed by atoms with Gasteiger partial charge in [-0.1, -0.05) is 36.1 Å². The van der Waals surface area contributed by atoms with Gasteiger partial charge in [0.1, 0.15) is 5.75 Å². The van der Waals surface area contributed by atoms with Crippen molar-refractivity contribution in [2.24, 2.45) is 4.99 Å². The van der Waals surface area contributed by atoms with Gasteiger partial charge in [-0.05, 0) is 24.3 Å². The van der Waals surface area contributed by atoms with Crippen LogP contribution in [0, 0.1) is 11.8 Å². The molecule has 0 fully saturated rings. The molecule has 0 aliphatic rings. The largest absolute Gasteiger partial charge is 0.496 e. The lowest BCUT2D eigenvalue weighted by atomic mass is 10.1. The van der Waals surface area contributed by atoms with Crippen LogP contribution in [0.3, 0.4) is 0 Å². The molecule has 0 heterocycles. The van der Waals surface area contributed by atoms with Gasteiger partial charge in [0.2, 0.25) is 0 Å². The zero-order chi connectivity index (χ0) is 19.7. The number of nitrogens with zero attached hydrogens (tertiary/aromatic N) is 1. The third-order valence-electron chi connectivity index (χ3n) is 3.63. The molecule has 2 aromatic rings. The van der Waals surface area contributed by atoms with Crippen molar-refractivity contribution >= 4 is 5.96 Å². The Morgan fingerprint density at radius 2 is 1.89 bits per heavy atom. The molecule has 4 nitrogen and oxygen atoms in total. The van der Waals surface area contributed by atoms with Crippen molar-refractivity contribution in [1.29, 1.82) is 0 Å².